The highest BCUT2D eigenvalue weighted by atomic mass is 16.2. The van der Waals surface area contributed by atoms with Gasteiger partial charge in [-0.3, -0.25) is 9.69 Å². The molecule has 2 heterocycles. The summed E-state index contributed by atoms with van der Waals surface area (Å²) < 4.78 is 0. The number of hydrogen-bond acceptors (Lipinski definition) is 4. The summed E-state index contributed by atoms with van der Waals surface area (Å²) in [5, 5.41) is 0. The number of likely N-dealkylation sites (N-methyl/N-ethyl adjacent to an activating group) is 1. The van der Waals surface area contributed by atoms with Crippen LogP contribution in [0.5, 0.6) is 0 Å². The van der Waals surface area contributed by atoms with Crippen molar-refractivity contribution in [3.05, 3.63) is 47.8 Å². The van der Waals surface area contributed by atoms with E-state index >= 15 is 0 Å². The lowest BCUT2D eigenvalue weighted by atomic mass is 9.77. The fourth-order valence-electron chi connectivity index (χ4n) is 4.36. The number of rotatable bonds is 3. The number of carbonyl (C=O) groups excluding carboxylic acids is 1. The van der Waals surface area contributed by atoms with Crippen molar-refractivity contribution in [2.24, 2.45) is 0 Å². The van der Waals surface area contributed by atoms with Crippen LogP contribution in [0.15, 0.2) is 36.5 Å². The Balaban J connectivity index is 1.62. The third-order valence-electron chi connectivity index (χ3n) is 5.79. The van der Waals surface area contributed by atoms with Gasteiger partial charge >= 0.3 is 0 Å². The van der Waals surface area contributed by atoms with Crippen LogP contribution in [0.1, 0.15) is 30.5 Å². The van der Waals surface area contributed by atoms with E-state index < -0.39 is 0 Å². The molecule has 1 amide bonds. The van der Waals surface area contributed by atoms with E-state index in [2.05, 4.69) is 22.0 Å². The van der Waals surface area contributed by atoms with E-state index in [-0.39, 0.29) is 11.3 Å². The highest BCUT2D eigenvalue weighted by Gasteiger charge is 2.44. The van der Waals surface area contributed by atoms with Gasteiger partial charge in [0, 0.05) is 37.8 Å². The Morgan fingerprint density at radius 3 is 2.81 bits per heavy atom. The minimum Gasteiger partial charge on any atom is -0.348 e. The predicted molar refractivity (Wildman–Crippen MR) is 102 cm³/mol. The summed E-state index contributed by atoms with van der Waals surface area (Å²) in [5.74, 6) is 0.986. The first-order valence-electron chi connectivity index (χ1n) is 9.42. The van der Waals surface area contributed by atoms with Gasteiger partial charge in [-0.25, -0.2) is 9.97 Å². The van der Waals surface area contributed by atoms with Crippen LogP contribution in [-0.4, -0.2) is 59.4 Å². The van der Waals surface area contributed by atoms with E-state index in [9.17, 15) is 4.79 Å². The molecule has 26 heavy (non-hydrogen) atoms. The molecule has 2 aromatic rings. The van der Waals surface area contributed by atoms with E-state index in [0.717, 1.165) is 50.2 Å². The zero-order valence-corrected chi connectivity index (χ0v) is 15.6. The molecule has 1 unspecified atom stereocenters. The second-order valence-corrected chi connectivity index (χ2v) is 7.82. The topological polar surface area (TPSA) is 49.3 Å². The molecule has 0 saturated carbocycles. The van der Waals surface area contributed by atoms with Crippen LogP contribution >= 0.6 is 0 Å². The van der Waals surface area contributed by atoms with Crippen LogP contribution in [0.2, 0.25) is 0 Å². The van der Waals surface area contributed by atoms with Crippen LogP contribution in [0.4, 0.5) is 0 Å². The SMILES string of the molecule is CN(C)C(=O)CN1CCCC2(CCc3cnc(-c4ccccc4)nc32)C1. The zero-order chi connectivity index (χ0) is 18.1. The number of piperidine rings is 1. The van der Waals surface area contributed by atoms with Gasteiger partial charge in [0.05, 0.1) is 12.2 Å². The van der Waals surface area contributed by atoms with Gasteiger partial charge in [0.1, 0.15) is 0 Å². The quantitative estimate of drug-likeness (QED) is 0.853. The van der Waals surface area contributed by atoms with Gasteiger partial charge in [0.2, 0.25) is 5.91 Å². The Hall–Kier alpha value is -2.27. The van der Waals surface area contributed by atoms with E-state index in [1.54, 1.807) is 4.90 Å². The molecule has 5 nitrogen and oxygen atoms in total. The van der Waals surface area contributed by atoms with Crippen LogP contribution < -0.4 is 0 Å². The summed E-state index contributed by atoms with van der Waals surface area (Å²) in [4.78, 5) is 25.8. The molecular formula is C21H26N4O. The summed E-state index contributed by atoms with van der Waals surface area (Å²) >= 11 is 0. The molecule has 2 aliphatic rings. The smallest absolute Gasteiger partial charge is 0.236 e. The number of hydrogen-bond donors (Lipinski definition) is 0. The van der Waals surface area contributed by atoms with Crippen LogP contribution in [0.3, 0.4) is 0 Å². The van der Waals surface area contributed by atoms with E-state index in [1.807, 2.05) is 38.5 Å². The van der Waals surface area contributed by atoms with Crippen molar-refractivity contribution in [3.63, 3.8) is 0 Å². The van der Waals surface area contributed by atoms with E-state index in [1.165, 1.54) is 11.3 Å². The molecule has 0 N–H and O–H groups in total. The van der Waals surface area contributed by atoms with Crippen LogP contribution in [-0.2, 0) is 16.6 Å². The minimum atomic E-state index is 0.0760. The first kappa shape index (κ1) is 17.2. The first-order valence-corrected chi connectivity index (χ1v) is 9.42. The maximum absolute atomic E-state index is 12.2. The molecule has 4 rings (SSSR count). The van der Waals surface area contributed by atoms with Gasteiger partial charge in [0.15, 0.2) is 5.82 Å². The van der Waals surface area contributed by atoms with Gasteiger partial charge in [-0.05, 0) is 37.8 Å². The molecule has 136 valence electrons. The van der Waals surface area contributed by atoms with Gasteiger partial charge in [-0.2, -0.15) is 0 Å². The molecule has 1 spiro atoms. The molecule has 5 heteroatoms. The minimum absolute atomic E-state index is 0.0760. The normalized spacial score (nSPS) is 22.4. The average molecular weight is 350 g/mol. The molecular weight excluding hydrogens is 324 g/mol. The fraction of sp³-hybridized carbons (Fsp3) is 0.476. The van der Waals surface area contributed by atoms with Gasteiger partial charge in [-0.15, -0.1) is 0 Å². The molecule has 1 fully saturated rings. The number of nitrogens with zero attached hydrogens (tertiary/aromatic N) is 4. The molecule has 0 radical (unpaired) electrons. The molecule has 1 aliphatic carbocycles. The molecule has 0 bridgehead atoms. The van der Waals surface area contributed by atoms with Crippen LogP contribution in [0, 0.1) is 0 Å². The average Bonchev–Trinajstić information content (AvgIpc) is 3.00. The van der Waals surface area contributed by atoms with Gasteiger partial charge in [0.25, 0.3) is 0 Å². The Bertz CT molecular complexity index is 801. The highest BCUT2D eigenvalue weighted by molar-refractivity contribution is 5.77. The summed E-state index contributed by atoms with van der Waals surface area (Å²) in [7, 11) is 3.65. The summed E-state index contributed by atoms with van der Waals surface area (Å²) in [6.45, 7) is 2.42. The number of benzene rings is 1. The monoisotopic (exact) mass is 350 g/mol. The number of likely N-dealkylation sites (tertiary alicyclic amines) is 1. The number of aryl methyl sites for hydroxylation is 1. The van der Waals surface area contributed by atoms with Crippen molar-refractivity contribution >= 4 is 5.91 Å². The lowest BCUT2D eigenvalue weighted by molar-refractivity contribution is -0.130. The molecule has 1 atom stereocenters. The zero-order valence-electron chi connectivity index (χ0n) is 15.6. The van der Waals surface area contributed by atoms with Crippen molar-refractivity contribution in [1.29, 1.82) is 0 Å². The Morgan fingerprint density at radius 1 is 1.23 bits per heavy atom. The van der Waals surface area contributed by atoms with E-state index in [4.69, 9.17) is 4.98 Å². The summed E-state index contributed by atoms with van der Waals surface area (Å²) in [6.07, 6.45) is 6.44. The second kappa shape index (κ2) is 6.80. The Kier molecular flexibility index (Phi) is 4.49. The second-order valence-electron chi connectivity index (χ2n) is 7.82. The maximum atomic E-state index is 12.2. The molecule has 1 saturated heterocycles. The fourth-order valence-corrected chi connectivity index (χ4v) is 4.36. The number of aromatic nitrogens is 2. The number of carbonyl (C=O) groups is 1. The maximum Gasteiger partial charge on any atom is 0.236 e. The highest BCUT2D eigenvalue weighted by Crippen LogP contribution is 2.44. The van der Waals surface area contributed by atoms with Crippen molar-refractivity contribution in [2.45, 2.75) is 31.1 Å². The summed E-state index contributed by atoms with van der Waals surface area (Å²) in [6, 6.07) is 10.2. The van der Waals surface area contributed by atoms with Crippen molar-refractivity contribution in [1.82, 2.24) is 19.8 Å². The summed E-state index contributed by atoms with van der Waals surface area (Å²) in [5.41, 5.74) is 3.64. The van der Waals surface area contributed by atoms with Gasteiger partial charge < -0.3 is 4.90 Å². The largest absolute Gasteiger partial charge is 0.348 e. The third kappa shape index (κ3) is 3.12. The van der Waals surface area contributed by atoms with Crippen molar-refractivity contribution in [3.8, 4) is 11.4 Å². The predicted octanol–water partition coefficient (Wildman–Crippen LogP) is 2.51. The van der Waals surface area contributed by atoms with E-state index in [0.29, 0.717) is 6.54 Å². The molecule has 1 aromatic heterocycles. The lowest BCUT2D eigenvalue weighted by Crippen LogP contribution is -2.48. The first-order chi connectivity index (χ1) is 12.6. The van der Waals surface area contributed by atoms with Crippen molar-refractivity contribution < 1.29 is 4.79 Å². The third-order valence-corrected chi connectivity index (χ3v) is 5.79. The molecule has 1 aromatic carbocycles. The van der Waals surface area contributed by atoms with Crippen molar-refractivity contribution in [2.75, 3.05) is 33.7 Å². The standard InChI is InChI=1S/C21H26N4O/c1-24(2)18(26)14-25-12-6-10-21(15-25)11-9-17-13-22-20(23-19(17)21)16-7-4-3-5-8-16/h3-5,7-8,13H,6,9-12,14-15H2,1-2H3. The number of fused-ring (bicyclic) bond motifs is 2. The van der Waals surface area contributed by atoms with Gasteiger partial charge in [-0.1, -0.05) is 30.3 Å². The Labute approximate surface area is 155 Å². The van der Waals surface area contributed by atoms with Crippen LogP contribution in [0.25, 0.3) is 11.4 Å². The number of amides is 1. The lowest BCUT2D eigenvalue weighted by Gasteiger charge is -2.40. The Morgan fingerprint density at radius 2 is 2.04 bits per heavy atom. The molecule has 1 aliphatic heterocycles.